The van der Waals surface area contributed by atoms with Crippen LogP contribution in [0.1, 0.15) is 32.6 Å². The number of hydrogen-bond donors (Lipinski definition) is 0. The molecular weight excluding hydrogens is 112 g/mol. The Kier molecular flexibility index (Phi) is 2.12. The van der Waals surface area contributed by atoms with E-state index in [0.29, 0.717) is 5.41 Å². The summed E-state index contributed by atoms with van der Waals surface area (Å²) in [5, 5.41) is 0. The summed E-state index contributed by atoms with van der Waals surface area (Å²) < 4.78 is 5.14. The molecule has 0 amide bonds. The molecular formula is C8H16O. The van der Waals surface area contributed by atoms with Crippen LogP contribution in [0.4, 0.5) is 0 Å². The molecule has 9 heavy (non-hydrogen) atoms. The number of ether oxygens (including phenoxy) is 1. The van der Waals surface area contributed by atoms with Crippen LogP contribution in [0.15, 0.2) is 0 Å². The van der Waals surface area contributed by atoms with Crippen molar-refractivity contribution in [3.05, 3.63) is 0 Å². The molecule has 0 heterocycles. The Bertz CT molecular complexity index is 79.1. The largest absolute Gasteiger partial charge is 0.384 e. The Hall–Kier alpha value is -0.0400. The monoisotopic (exact) mass is 128 g/mol. The first-order chi connectivity index (χ1) is 4.33. The smallest absolute Gasteiger partial charge is 0.0518 e. The maximum Gasteiger partial charge on any atom is 0.0518 e. The molecule has 0 radical (unpaired) electrons. The molecule has 1 nitrogen and oxygen atoms in total. The van der Waals surface area contributed by atoms with Crippen molar-refractivity contribution in [2.75, 3.05) is 13.7 Å². The Balaban J connectivity index is 2.28. The molecule has 1 rings (SSSR count). The topological polar surface area (TPSA) is 9.23 Å². The van der Waals surface area contributed by atoms with Gasteiger partial charge in [-0.25, -0.2) is 0 Å². The fourth-order valence-electron chi connectivity index (χ4n) is 1.58. The van der Waals surface area contributed by atoms with Gasteiger partial charge in [0.25, 0.3) is 0 Å². The third-order valence-electron chi connectivity index (χ3n) is 2.61. The second-order valence-electron chi connectivity index (χ2n) is 3.14. The van der Waals surface area contributed by atoms with Gasteiger partial charge in [-0.1, -0.05) is 13.3 Å². The van der Waals surface area contributed by atoms with Gasteiger partial charge >= 0.3 is 0 Å². The van der Waals surface area contributed by atoms with Gasteiger partial charge < -0.3 is 4.74 Å². The molecule has 1 aliphatic carbocycles. The third-order valence-corrected chi connectivity index (χ3v) is 2.61. The summed E-state index contributed by atoms with van der Waals surface area (Å²) >= 11 is 0. The minimum absolute atomic E-state index is 0.592. The van der Waals surface area contributed by atoms with Crippen LogP contribution in [0.5, 0.6) is 0 Å². The van der Waals surface area contributed by atoms with E-state index in [-0.39, 0.29) is 0 Å². The molecule has 0 aromatic heterocycles. The zero-order chi connectivity index (χ0) is 6.74. The predicted molar refractivity (Wildman–Crippen MR) is 38.5 cm³/mol. The standard InChI is InChI=1S/C8H16O/c1-3-8(7-9-2)5-4-6-8/h3-7H2,1-2H3. The molecule has 0 unspecified atom stereocenters. The Morgan fingerprint density at radius 1 is 1.44 bits per heavy atom. The predicted octanol–water partition coefficient (Wildman–Crippen LogP) is 2.21. The van der Waals surface area contributed by atoms with Crippen molar-refractivity contribution < 1.29 is 4.74 Å². The van der Waals surface area contributed by atoms with Crippen molar-refractivity contribution in [2.45, 2.75) is 32.6 Å². The number of rotatable bonds is 3. The van der Waals surface area contributed by atoms with Crippen LogP contribution in [-0.2, 0) is 4.74 Å². The molecule has 0 aromatic carbocycles. The summed E-state index contributed by atoms with van der Waals surface area (Å²) in [7, 11) is 1.80. The molecule has 0 spiro atoms. The minimum atomic E-state index is 0.592. The number of hydrogen-bond acceptors (Lipinski definition) is 1. The van der Waals surface area contributed by atoms with Crippen molar-refractivity contribution in [1.82, 2.24) is 0 Å². The van der Waals surface area contributed by atoms with E-state index in [1.165, 1.54) is 25.7 Å². The first kappa shape index (κ1) is 7.07. The zero-order valence-corrected chi connectivity index (χ0v) is 6.44. The molecule has 0 N–H and O–H groups in total. The zero-order valence-electron chi connectivity index (χ0n) is 6.44. The minimum Gasteiger partial charge on any atom is -0.384 e. The normalized spacial score (nSPS) is 23.3. The molecule has 54 valence electrons. The average molecular weight is 128 g/mol. The molecule has 0 bridgehead atoms. The van der Waals surface area contributed by atoms with E-state index in [1.54, 1.807) is 7.11 Å². The van der Waals surface area contributed by atoms with Crippen molar-refractivity contribution >= 4 is 0 Å². The lowest BCUT2D eigenvalue weighted by atomic mass is 9.68. The lowest BCUT2D eigenvalue weighted by Gasteiger charge is -2.40. The molecule has 1 saturated carbocycles. The third kappa shape index (κ3) is 1.26. The summed E-state index contributed by atoms with van der Waals surface area (Å²) in [6, 6.07) is 0. The van der Waals surface area contributed by atoms with Gasteiger partial charge in [-0.2, -0.15) is 0 Å². The van der Waals surface area contributed by atoms with E-state index in [2.05, 4.69) is 6.92 Å². The Labute approximate surface area is 57.4 Å². The lowest BCUT2D eigenvalue weighted by Crippen LogP contribution is -2.33. The highest BCUT2D eigenvalue weighted by Crippen LogP contribution is 2.43. The number of methoxy groups -OCH3 is 1. The molecule has 1 aliphatic rings. The van der Waals surface area contributed by atoms with E-state index in [9.17, 15) is 0 Å². The van der Waals surface area contributed by atoms with Crippen LogP contribution in [0.3, 0.4) is 0 Å². The van der Waals surface area contributed by atoms with Crippen molar-refractivity contribution in [2.24, 2.45) is 5.41 Å². The maximum absolute atomic E-state index is 5.14. The second-order valence-corrected chi connectivity index (χ2v) is 3.14. The van der Waals surface area contributed by atoms with Crippen molar-refractivity contribution in [3.63, 3.8) is 0 Å². The van der Waals surface area contributed by atoms with Crippen molar-refractivity contribution in [3.8, 4) is 0 Å². The highest BCUT2D eigenvalue weighted by molar-refractivity contribution is 4.85. The van der Waals surface area contributed by atoms with Crippen LogP contribution >= 0.6 is 0 Å². The van der Waals surface area contributed by atoms with Crippen LogP contribution in [0.2, 0.25) is 0 Å². The Morgan fingerprint density at radius 2 is 2.11 bits per heavy atom. The van der Waals surface area contributed by atoms with Gasteiger partial charge in [0, 0.05) is 7.11 Å². The maximum atomic E-state index is 5.14. The second kappa shape index (κ2) is 2.70. The molecule has 1 fully saturated rings. The first-order valence-corrected chi connectivity index (χ1v) is 3.82. The van der Waals surface area contributed by atoms with E-state index in [4.69, 9.17) is 4.74 Å². The summed E-state index contributed by atoms with van der Waals surface area (Å²) in [5.74, 6) is 0. The summed E-state index contributed by atoms with van der Waals surface area (Å²) in [5.41, 5.74) is 0.592. The van der Waals surface area contributed by atoms with Crippen LogP contribution in [0.25, 0.3) is 0 Å². The highest BCUT2D eigenvalue weighted by atomic mass is 16.5. The van der Waals surface area contributed by atoms with Gasteiger partial charge in [0.05, 0.1) is 6.61 Å². The summed E-state index contributed by atoms with van der Waals surface area (Å²) in [6.07, 6.45) is 5.48. The van der Waals surface area contributed by atoms with Gasteiger partial charge in [-0.15, -0.1) is 0 Å². The van der Waals surface area contributed by atoms with Crippen molar-refractivity contribution in [1.29, 1.82) is 0 Å². The van der Waals surface area contributed by atoms with E-state index in [0.717, 1.165) is 6.61 Å². The van der Waals surface area contributed by atoms with E-state index >= 15 is 0 Å². The molecule has 0 aliphatic heterocycles. The fourth-order valence-corrected chi connectivity index (χ4v) is 1.58. The van der Waals surface area contributed by atoms with Gasteiger partial charge in [0.2, 0.25) is 0 Å². The van der Waals surface area contributed by atoms with Crippen LogP contribution in [-0.4, -0.2) is 13.7 Å². The van der Waals surface area contributed by atoms with E-state index < -0.39 is 0 Å². The SMILES string of the molecule is CCC1(COC)CCC1. The first-order valence-electron chi connectivity index (χ1n) is 3.82. The van der Waals surface area contributed by atoms with E-state index in [1.807, 2.05) is 0 Å². The average Bonchev–Trinajstić information content (AvgIpc) is 1.79. The highest BCUT2D eigenvalue weighted by Gasteiger charge is 2.34. The van der Waals surface area contributed by atoms with Crippen LogP contribution in [0, 0.1) is 5.41 Å². The molecule has 0 saturated heterocycles. The van der Waals surface area contributed by atoms with Gasteiger partial charge in [0.15, 0.2) is 0 Å². The molecule has 0 aromatic rings. The Morgan fingerprint density at radius 3 is 2.22 bits per heavy atom. The lowest BCUT2D eigenvalue weighted by molar-refractivity contribution is 0.0144. The van der Waals surface area contributed by atoms with Gasteiger partial charge in [0.1, 0.15) is 0 Å². The van der Waals surface area contributed by atoms with Gasteiger partial charge in [-0.3, -0.25) is 0 Å². The molecule has 1 heteroatoms. The van der Waals surface area contributed by atoms with Crippen LogP contribution < -0.4 is 0 Å². The quantitative estimate of drug-likeness (QED) is 0.566. The van der Waals surface area contributed by atoms with Gasteiger partial charge in [-0.05, 0) is 24.7 Å². The molecule has 0 atom stereocenters. The summed E-state index contributed by atoms with van der Waals surface area (Å²) in [4.78, 5) is 0. The fraction of sp³-hybridized carbons (Fsp3) is 1.00. The summed E-state index contributed by atoms with van der Waals surface area (Å²) in [6.45, 7) is 3.24.